The number of fused-ring (bicyclic) bond motifs is 1. The number of amides is 1. The molecule has 3 rings (SSSR count). The molecule has 1 fully saturated rings. The summed E-state index contributed by atoms with van der Waals surface area (Å²) in [5.41, 5.74) is 0.910. The maximum atomic E-state index is 12.0. The lowest BCUT2D eigenvalue weighted by molar-refractivity contribution is 0.0942. The zero-order valence-electron chi connectivity index (χ0n) is 12.4. The molecule has 0 saturated heterocycles. The van der Waals surface area contributed by atoms with Crippen LogP contribution in [0, 0.1) is 12.8 Å². The highest BCUT2D eigenvalue weighted by atomic mass is 16.2. The second-order valence-electron chi connectivity index (χ2n) is 5.78. The van der Waals surface area contributed by atoms with Crippen LogP contribution in [0.3, 0.4) is 0 Å². The average molecular weight is 287 g/mol. The lowest BCUT2D eigenvalue weighted by Crippen LogP contribution is -2.26. The van der Waals surface area contributed by atoms with E-state index in [-0.39, 0.29) is 11.7 Å². The smallest absolute Gasteiger partial charge is 0.291 e. The Morgan fingerprint density at radius 3 is 3.00 bits per heavy atom. The van der Waals surface area contributed by atoms with E-state index in [0.29, 0.717) is 12.3 Å². The zero-order chi connectivity index (χ0) is 14.7. The maximum Gasteiger partial charge on any atom is 0.291 e. The first kappa shape index (κ1) is 14.0. The van der Waals surface area contributed by atoms with Gasteiger partial charge < -0.3 is 5.32 Å². The molecule has 0 bridgehead atoms. The molecule has 6 heteroatoms. The van der Waals surface area contributed by atoms with Crippen molar-refractivity contribution in [1.29, 1.82) is 0 Å². The Morgan fingerprint density at radius 2 is 2.24 bits per heavy atom. The summed E-state index contributed by atoms with van der Waals surface area (Å²) in [5, 5.41) is 7.10. The first-order chi connectivity index (χ1) is 10.2. The highest BCUT2D eigenvalue weighted by Gasteiger charge is 2.16. The number of hydrogen-bond acceptors (Lipinski definition) is 4. The van der Waals surface area contributed by atoms with Crippen LogP contribution in [-0.4, -0.2) is 32.0 Å². The first-order valence-corrected chi connectivity index (χ1v) is 7.70. The highest BCUT2D eigenvalue weighted by Crippen LogP contribution is 2.28. The average Bonchev–Trinajstić information content (AvgIpc) is 3.13. The number of nitrogens with zero attached hydrogens (tertiary/aromatic N) is 4. The molecule has 0 aliphatic heterocycles. The molecular formula is C15H21N5O. The molecule has 2 aromatic heterocycles. The molecule has 1 amide bonds. The maximum absolute atomic E-state index is 12.0. The Balaban J connectivity index is 1.53. The summed E-state index contributed by atoms with van der Waals surface area (Å²) in [5.74, 6) is 1.30. The van der Waals surface area contributed by atoms with E-state index in [0.717, 1.165) is 18.0 Å². The third kappa shape index (κ3) is 3.20. The number of carbonyl (C=O) groups is 1. The number of aryl methyl sites for hydroxylation is 1. The lowest BCUT2D eigenvalue weighted by atomic mass is 10.0. The van der Waals surface area contributed by atoms with Crippen molar-refractivity contribution in [3.8, 4) is 0 Å². The molecule has 0 unspecified atom stereocenters. The normalized spacial score (nSPS) is 15.7. The van der Waals surface area contributed by atoms with E-state index in [1.165, 1.54) is 32.1 Å². The molecule has 0 radical (unpaired) electrons. The summed E-state index contributed by atoms with van der Waals surface area (Å²) >= 11 is 0. The van der Waals surface area contributed by atoms with Gasteiger partial charge in [0.1, 0.15) is 0 Å². The summed E-state index contributed by atoms with van der Waals surface area (Å²) in [6.45, 7) is 2.60. The minimum Gasteiger partial charge on any atom is -0.349 e. The van der Waals surface area contributed by atoms with Crippen LogP contribution in [0.4, 0.5) is 0 Å². The zero-order valence-corrected chi connectivity index (χ0v) is 12.4. The largest absolute Gasteiger partial charge is 0.349 e. The SMILES string of the molecule is Cc1ccnc2nc(C(=O)NCCCC3CCCC3)nn12. The summed E-state index contributed by atoms with van der Waals surface area (Å²) in [4.78, 5) is 20.3. The number of rotatable bonds is 5. The Morgan fingerprint density at radius 1 is 1.43 bits per heavy atom. The van der Waals surface area contributed by atoms with Crippen molar-refractivity contribution in [3.05, 3.63) is 23.8 Å². The van der Waals surface area contributed by atoms with Crippen LogP contribution in [0.15, 0.2) is 12.3 Å². The predicted octanol–water partition coefficient (Wildman–Crippen LogP) is 2.13. The van der Waals surface area contributed by atoms with E-state index < -0.39 is 0 Å². The molecule has 6 nitrogen and oxygen atoms in total. The molecule has 1 saturated carbocycles. The van der Waals surface area contributed by atoms with Crippen LogP contribution in [0.1, 0.15) is 54.8 Å². The highest BCUT2D eigenvalue weighted by molar-refractivity contribution is 5.90. The van der Waals surface area contributed by atoms with E-state index in [2.05, 4.69) is 20.4 Å². The van der Waals surface area contributed by atoms with Gasteiger partial charge in [-0.3, -0.25) is 4.79 Å². The molecule has 1 aliphatic carbocycles. The third-order valence-corrected chi connectivity index (χ3v) is 4.18. The number of aromatic nitrogens is 4. The standard InChI is InChI=1S/C15H21N5O/c1-11-8-10-17-15-18-13(19-20(11)15)14(21)16-9-4-7-12-5-2-3-6-12/h8,10,12H,2-7,9H2,1H3,(H,16,21). The molecule has 21 heavy (non-hydrogen) atoms. The minimum absolute atomic E-state index is 0.192. The van der Waals surface area contributed by atoms with Crippen LogP contribution in [0.25, 0.3) is 5.78 Å². The summed E-state index contributed by atoms with van der Waals surface area (Å²) in [7, 11) is 0. The van der Waals surface area contributed by atoms with Crippen molar-refractivity contribution in [2.24, 2.45) is 5.92 Å². The van der Waals surface area contributed by atoms with Crippen LogP contribution in [0.5, 0.6) is 0 Å². The molecule has 2 aromatic rings. The van der Waals surface area contributed by atoms with E-state index in [1.807, 2.05) is 13.0 Å². The van der Waals surface area contributed by atoms with Gasteiger partial charge in [-0.1, -0.05) is 25.7 Å². The van der Waals surface area contributed by atoms with Gasteiger partial charge in [-0.15, -0.1) is 5.10 Å². The van der Waals surface area contributed by atoms with Crippen LogP contribution in [0.2, 0.25) is 0 Å². The van der Waals surface area contributed by atoms with Gasteiger partial charge in [-0.05, 0) is 31.7 Å². The predicted molar refractivity (Wildman–Crippen MR) is 79.0 cm³/mol. The fourth-order valence-corrected chi connectivity index (χ4v) is 2.97. The van der Waals surface area contributed by atoms with Crippen molar-refractivity contribution in [2.45, 2.75) is 45.4 Å². The van der Waals surface area contributed by atoms with E-state index in [1.54, 1.807) is 10.7 Å². The second kappa shape index (κ2) is 6.20. The number of nitrogens with one attached hydrogen (secondary N) is 1. The molecule has 112 valence electrons. The van der Waals surface area contributed by atoms with Crippen LogP contribution in [-0.2, 0) is 0 Å². The molecule has 0 atom stereocenters. The minimum atomic E-state index is -0.216. The quantitative estimate of drug-likeness (QED) is 0.855. The monoisotopic (exact) mass is 287 g/mol. The summed E-state index contributed by atoms with van der Waals surface area (Å²) in [6, 6.07) is 1.84. The van der Waals surface area contributed by atoms with Crippen molar-refractivity contribution >= 4 is 11.7 Å². The van der Waals surface area contributed by atoms with Gasteiger partial charge in [0.25, 0.3) is 11.7 Å². The number of hydrogen-bond donors (Lipinski definition) is 1. The van der Waals surface area contributed by atoms with Crippen molar-refractivity contribution in [1.82, 2.24) is 24.9 Å². The van der Waals surface area contributed by atoms with Gasteiger partial charge >= 0.3 is 0 Å². The Labute approximate surface area is 124 Å². The lowest BCUT2D eigenvalue weighted by Gasteiger charge is -2.08. The van der Waals surface area contributed by atoms with Crippen LogP contribution >= 0.6 is 0 Å². The summed E-state index contributed by atoms with van der Waals surface area (Å²) < 4.78 is 1.59. The van der Waals surface area contributed by atoms with Gasteiger partial charge in [-0.2, -0.15) is 4.98 Å². The van der Waals surface area contributed by atoms with Crippen molar-refractivity contribution < 1.29 is 4.79 Å². The van der Waals surface area contributed by atoms with Crippen molar-refractivity contribution in [2.75, 3.05) is 6.54 Å². The van der Waals surface area contributed by atoms with Gasteiger partial charge in [-0.25, -0.2) is 9.50 Å². The third-order valence-electron chi connectivity index (χ3n) is 4.18. The fraction of sp³-hybridized carbons (Fsp3) is 0.600. The first-order valence-electron chi connectivity index (χ1n) is 7.70. The van der Waals surface area contributed by atoms with E-state index in [4.69, 9.17) is 0 Å². The topological polar surface area (TPSA) is 72.2 Å². The second-order valence-corrected chi connectivity index (χ2v) is 5.78. The Bertz CT molecular complexity index is 630. The van der Waals surface area contributed by atoms with E-state index in [9.17, 15) is 4.79 Å². The molecule has 0 aromatic carbocycles. The molecule has 0 spiro atoms. The van der Waals surface area contributed by atoms with Crippen molar-refractivity contribution in [3.63, 3.8) is 0 Å². The Kier molecular flexibility index (Phi) is 4.13. The number of carbonyl (C=O) groups excluding carboxylic acids is 1. The molecule has 2 heterocycles. The van der Waals surface area contributed by atoms with Crippen LogP contribution < -0.4 is 5.32 Å². The molecule has 1 N–H and O–H groups in total. The molecular weight excluding hydrogens is 266 g/mol. The summed E-state index contributed by atoms with van der Waals surface area (Å²) in [6.07, 6.45) is 9.35. The van der Waals surface area contributed by atoms with E-state index >= 15 is 0 Å². The Hall–Kier alpha value is -1.98. The van der Waals surface area contributed by atoms with Gasteiger partial charge in [0, 0.05) is 18.4 Å². The molecule has 1 aliphatic rings. The van der Waals surface area contributed by atoms with Gasteiger partial charge in [0.05, 0.1) is 0 Å². The van der Waals surface area contributed by atoms with Gasteiger partial charge in [0.15, 0.2) is 0 Å². The fourth-order valence-electron chi connectivity index (χ4n) is 2.97. The van der Waals surface area contributed by atoms with Gasteiger partial charge in [0.2, 0.25) is 5.82 Å².